The van der Waals surface area contributed by atoms with Crippen molar-refractivity contribution >= 4 is 18.4 Å². The summed E-state index contributed by atoms with van der Waals surface area (Å²) in [6.45, 7) is 10.1. The number of aromatic nitrogens is 1. The number of nitrogens with one attached hydrogen (secondary N) is 1. The monoisotopic (exact) mass is 342 g/mol. The predicted octanol–water partition coefficient (Wildman–Crippen LogP) is 3.69. The first-order valence-corrected chi connectivity index (χ1v) is 8.51. The molecule has 0 radical (unpaired) electrons. The molecule has 2 heterocycles. The molecule has 2 aromatic rings. The van der Waals surface area contributed by atoms with Crippen molar-refractivity contribution in [1.82, 2.24) is 4.98 Å². The highest BCUT2D eigenvalue weighted by Crippen LogP contribution is 2.36. The maximum Gasteiger partial charge on any atom is 0.496 e. The first-order chi connectivity index (χ1) is 11.7. The highest BCUT2D eigenvalue weighted by Gasteiger charge is 2.51. The van der Waals surface area contributed by atoms with Crippen LogP contribution in [-0.4, -0.2) is 23.3 Å². The van der Waals surface area contributed by atoms with E-state index in [0.29, 0.717) is 0 Å². The van der Waals surface area contributed by atoms with Gasteiger partial charge in [-0.1, -0.05) is 18.2 Å². The van der Waals surface area contributed by atoms with E-state index in [1.165, 1.54) is 12.1 Å². The number of halogens is 1. The predicted molar refractivity (Wildman–Crippen MR) is 98.4 cm³/mol. The van der Waals surface area contributed by atoms with Crippen LogP contribution >= 0.6 is 0 Å². The minimum absolute atomic E-state index is 0.0239. The molecule has 1 saturated heterocycles. The molecule has 1 aromatic heterocycles. The number of nitrogens with zero attached hydrogens (tertiary/aromatic N) is 1. The van der Waals surface area contributed by atoms with Crippen LogP contribution in [0.2, 0.25) is 0 Å². The summed E-state index contributed by atoms with van der Waals surface area (Å²) in [7, 11) is -0.416. The molecule has 132 valence electrons. The topological polar surface area (TPSA) is 43.4 Å². The number of benzene rings is 1. The molecule has 4 nitrogen and oxygen atoms in total. The number of hydrogen-bond acceptors (Lipinski definition) is 4. The van der Waals surface area contributed by atoms with E-state index in [1.807, 2.05) is 46.8 Å². The molecular weight excluding hydrogens is 318 g/mol. The van der Waals surface area contributed by atoms with Crippen LogP contribution in [0.4, 0.5) is 10.2 Å². The molecule has 0 saturated carbocycles. The molecule has 25 heavy (non-hydrogen) atoms. The second-order valence-electron chi connectivity index (χ2n) is 7.48. The summed E-state index contributed by atoms with van der Waals surface area (Å²) in [6.07, 6.45) is 1.77. The van der Waals surface area contributed by atoms with Crippen LogP contribution in [0.1, 0.15) is 46.2 Å². The molecule has 0 spiro atoms. The van der Waals surface area contributed by atoms with Gasteiger partial charge in [-0.3, -0.25) is 0 Å². The lowest BCUT2D eigenvalue weighted by atomic mass is 9.80. The van der Waals surface area contributed by atoms with Gasteiger partial charge in [0.15, 0.2) is 0 Å². The summed E-state index contributed by atoms with van der Waals surface area (Å²) < 4.78 is 25.1. The zero-order valence-electron chi connectivity index (χ0n) is 15.3. The van der Waals surface area contributed by atoms with E-state index in [2.05, 4.69) is 10.3 Å². The third kappa shape index (κ3) is 3.70. The van der Waals surface area contributed by atoms with Crippen molar-refractivity contribution in [3.8, 4) is 0 Å². The lowest BCUT2D eigenvalue weighted by Crippen LogP contribution is -2.41. The van der Waals surface area contributed by atoms with Crippen LogP contribution in [0.25, 0.3) is 0 Å². The highest BCUT2D eigenvalue weighted by atomic mass is 19.1. The lowest BCUT2D eigenvalue weighted by Gasteiger charge is -2.32. The van der Waals surface area contributed by atoms with Gasteiger partial charge in [0.1, 0.15) is 11.6 Å². The van der Waals surface area contributed by atoms with Crippen molar-refractivity contribution in [3.63, 3.8) is 0 Å². The maximum absolute atomic E-state index is 13.0. The molecule has 1 aliphatic heterocycles. The van der Waals surface area contributed by atoms with Crippen LogP contribution < -0.4 is 10.8 Å². The van der Waals surface area contributed by atoms with E-state index in [0.717, 1.165) is 16.8 Å². The Morgan fingerprint density at radius 3 is 2.12 bits per heavy atom. The van der Waals surface area contributed by atoms with Gasteiger partial charge in [0, 0.05) is 17.7 Å². The van der Waals surface area contributed by atoms with E-state index in [9.17, 15) is 4.39 Å². The van der Waals surface area contributed by atoms with Crippen molar-refractivity contribution in [2.45, 2.75) is 51.9 Å². The van der Waals surface area contributed by atoms with Crippen LogP contribution in [0.15, 0.2) is 42.6 Å². The summed E-state index contributed by atoms with van der Waals surface area (Å²) in [5, 5.41) is 3.31. The molecule has 1 unspecified atom stereocenters. The molecular formula is C19H24BFN2O2. The third-order valence-electron chi connectivity index (χ3n) is 5.05. The van der Waals surface area contributed by atoms with Gasteiger partial charge >= 0.3 is 7.12 Å². The van der Waals surface area contributed by atoms with E-state index in [-0.39, 0.29) is 23.1 Å². The smallest absolute Gasteiger partial charge is 0.399 e. The number of rotatable bonds is 4. The molecule has 3 rings (SSSR count). The molecule has 1 atom stereocenters. The van der Waals surface area contributed by atoms with E-state index in [4.69, 9.17) is 9.31 Å². The number of anilines is 1. The van der Waals surface area contributed by atoms with Crippen LogP contribution in [0, 0.1) is 5.82 Å². The normalized spacial score (nSPS) is 19.7. The Kier molecular flexibility index (Phi) is 4.60. The lowest BCUT2D eigenvalue weighted by molar-refractivity contribution is 0.00578. The zero-order valence-corrected chi connectivity index (χ0v) is 15.3. The highest BCUT2D eigenvalue weighted by molar-refractivity contribution is 6.62. The molecule has 1 aromatic carbocycles. The van der Waals surface area contributed by atoms with E-state index in [1.54, 1.807) is 18.3 Å². The van der Waals surface area contributed by atoms with Gasteiger partial charge in [-0.2, -0.15) is 0 Å². The molecule has 0 aliphatic carbocycles. The van der Waals surface area contributed by atoms with Crippen molar-refractivity contribution < 1.29 is 13.7 Å². The van der Waals surface area contributed by atoms with Gasteiger partial charge in [0.25, 0.3) is 0 Å². The number of hydrogen-bond donors (Lipinski definition) is 1. The SMILES string of the molecule is CC(Nc1ccc(B2OC(C)(C)C(C)(C)O2)cn1)c1ccc(F)cc1. The Morgan fingerprint density at radius 1 is 1.00 bits per heavy atom. The fourth-order valence-corrected chi connectivity index (χ4v) is 2.67. The standard InChI is InChI=1S/C19H24BFN2O2/c1-13(14-6-9-16(21)10-7-14)23-17-11-8-15(12-22-17)20-24-18(2,3)19(4,5)25-20/h6-13H,1-5H3,(H,22,23). The summed E-state index contributed by atoms with van der Waals surface area (Å²) in [4.78, 5) is 4.46. The Bertz CT molecular complexity index is 716. The quantitative estimate of drug-likeness (QED) is 0.861. The Labute approximate surface area is 148 Å². The van der Waals surface area contributed by atoms with Crippen molar-refractivity contribution in [2.24, 2.45) is 0 Å². The Hall–Kier alpha value is -1.92. The fourth-order valence-electron chi connectivity index (χ4n) is 2.67. The van der Waals surface area contributed by atoms with Crippen LogP contribution in [-0.2, 0) is 9.31 Å². The summed E-state index contributed by atoms with van der Waals surface area (Å²) in [5.41, 5.74) is 1.15. The van der Waals surface area contributed by atoms with Crippen molar-refractivity contribution in [2.75, 3.05) is 5.32 Å². The van der Waals surface area contributed by atoms with Gasteiger partial charge in [0.05, 0.1) is 11.2 Å². The summed E-state index contributed by atoms with van der Waals surface area (Å²) >= 11 is 0. The fraction of sp³-hybridized carbons (Fsp3) is 0.421. The Morgan fingerprint density at radius 2 is 1.60 bits per heavy atom. The molecule has 1 fully saturated rings. The summed E-state index contributed by atoms with van der Waals surface area (Å²) in [5.74, 6) is 0.512. The van der Waals surface area contributed by atoms with Crippen LogP contribution in [0.3, 0.4) is 0 Å². The maximum atomic E-state index is 13.0. The first-order valence-electron chi connectivity index (χ1n) is 8.51. The van der Waals surface area contributed by atoms with Crippen LogP contribution in [0.5, 0.6) is 0 Å². The first kappa shape index (κ1) is 17.9. The Balaban J connectivity index is 1.68. The largest absolute Gasteiger partial charge is 0.496 e. The minimum atomic E-state index is -0.416. The average molecular weight is 342 g/mol. The van der Waals surface area contributed by atoms with Gasteiger partial charge < -0.3 is 14.6 Å². The van der Waals surface area contributed by atoms with Crippen molar-refractivity contribution in [3.05, 3.63) is 54.0 Å². The molecule has 6 heteroatoms. The van der Waals surface area contributed by atoms with Crippen molar-refractivity contribution in [1.29, 1.82) is 0 Å². The minimum Gasteiger partial charge on any atom is -0.399 e. The molecule has 1 aliphatic rings. The van der Waals surface area contributed by atoms with Gasteiger partial charge in [-0.05, 0) is 58.4 Å². The van der Waals surface area contributed by atoms with E-state index >= 15 is 0 Å². The zero-order chi connectivity index (χ0) is 18.2. The van der Waals surface area contributed by atoms with Gasteiger partial charge in [-0.15, -0.1) is 0 Å². The molecule has 0 amide bonds. The summed E-state index contributed by atoms with van der Waals surface area (Å²) in [6, 6.07) is 10.3. The average Bonchev–Trinajstić information content (AvgIpc) is 2.76. The number of pyridine rings is 1. The third-order valence-corrected chi connectivity index (χ3v) is 5.05. The van der Waals surface area contributed by atoms with Gasteiger partial charge in [-0.25, -0.2) is 9.37 Å². The second-order valence-corrected chi connectivity index (χ2v) is 7.48. The van der Waals surface area contributed by atoms with E-state index < -0.39 is 7.12 Å². The molecule has 1 N–H and O–H groups in total. The second kappa shape index (κ2) is 6.43. The van der Waals surface area contributed by atoms with Gasteiger partial charge in [0.2, 0.25) is 0 Å². The molecule has 0 bridgehead atoms.